The van der Waals surface area contributed by atoms with E-state index in [2.05, 4.69) is 10.4 Å². The molecule has 1 aromatic heterocycles. The molecule has 0 atom stereocenters. The molecule has 0 saturated carbocycles. The molecule has 5 heteroatoms. The predicted octanol–water partition coefficient (Wildman–Crippen LogP) is 0.982. The first kappa shape index (κ1) is 11.1. The Labute approximate surface area is 94.5 Å². The molecule has 1 aliphatic heterocycles. The van der Waals surface area contributed by atoms with Crippen molar-refractivity contribution >= 4 is 5.97 Å². The Morgan fingerprint density at radius 2 is 2.19 bits per heavy atom. The lowest BCUT2D eigenvalue weighted by atomic mass is 10.0. The van der Waals surface area contributed by atoms with Crippen LogP contribution in [0.25, 0.3) is 0 Å². The van der Waals surface area contributed by atoms with E-state index in [0.29, 0.717) is 6.54 Å². The van der Waals surface area contributed by atoms with E-state index in [-0.39, 0.29) is 11.2 Å². The van der Waals surface area contributed by atoms with Gasteiger partial charge >= 0.3 is 5.97 Å². The predicted molar refractivity (Wildman–Crippen MR) is 59.6 cm³/mol. The van der Waals surface area contributed by atoms with E-state index in [4.69, 9.17) is 5.11 Å². The minimum Gasteiger partial charge on any atom is -0.476 e. The Hall–Kier alpha value is -1.36. The zero-order chi connectivity index (χ0) is 11.9. The fraction of sp³-hybridized carbons (Fsp3) is 0.636. The number of nitrogens with one attached hydrogen (secondary N) is 1. The smallest absolute Gasteiger partial charge is 0.356 e. The van der Waals surface area contributed by atoms with Gasteiger partial charge in [0, 0.05) is 12.1 Å². The SMILES string of the molecule is CC(C)(C)n1nc(C(=O)O)c2c1CNCC2. The molecule has 2 N–H and O–H groups in total. The maximum atomic E-state index is 11.1. The van der Waals surface area contributed by atoms with E-state index >= 15 is 0 Å². The molecule has 16 heavy (non-hydrogen) atoms. The van der Waals surface area contributed by atoms with Crippen LogP contribution in [-0.2, 0) is 18.5 Å². The maximum absolute atomic E-state index is 11.1. The van der Waals surface area contributed by atoms with Crippen molar-refractivity contribution in [1.82, 2.24) is 15.1 Å². The number of aromatic carboxylic acids is 1. The van der Waals surface area contributed by atoms with Gasteiger partial charge < -0.3 is 10.4 Å². The second-order valence-corrected chi connectivity index (χ2v) is 5.09. The van der Waals surface area contributed by atoms with E-state index in [1.165, 1.54) is 0 Å². The summed E-state index contributed by atoms with van der Waals surface area (Å²) in [6, 6.07) is 0. The van der Waals surface area contributed by atoms with Crippen LogP contribution in [0.2, 0.25) is 0 Å². The molecule has 0 aromatic carbocycles. The average molecular weight is 223 g/mol. The summed E-state index contributed by atoms with van der Waals surface area (Å²) in [5.41, 5.74) is 1.93. The van der Waals surface area contributed by atoms with Crippen LogP contribution in [0.4, 0.5) is 0 Å². The first-order valence-corrected chi connectivity index (χ1v) is 5.46. The summed E-state index contributed by atoms with van der Waals surface area (Å²) in [7, 11) is 0. The molecule has 88 valence electrons. The van der Waals surface area contributed by atoms with E-state index < -0.39 is 5.97 Å². The highest BCUT2D eigenvalue weighted by molar-refractivity contribution is 5.87. The summed E-state index contributed by atoms with van der Waals surface area (Å²) in [6.07, 6.45) is 0.743. The molecule has 0 unspecified atom stereocenters. The number of aromatic nitrogens is 2. The molecule has 1 aromatic rings. The standard InChI is InChI=1S/C11H17N3O2/c1-11(2,3)14-8-6-12-5-4-7(8)9(13-14)10(15)16/h12H,4-6H2,1-3H3,(H,15,16). The summed E-state index contributed by atoms with van der Waals surface area (Å²) in [4.78, 5) is 11.1. The summed E-state index contributed by atoms with van der Waals surface area (Å²) in [5, 5.41) is 16.6. The van der Waals surface area contributed by atoms with Crippen molar-refractivity contribution in [3.8, 4) is 0 Å². The molecule has 0 fully saturated rings. The molecular weight excluding hydrogens is 206 g/mol. The van der Waals surface area contributed by atoms with Gasteiger partial charge in [0.2, 0.25) is 0 Å². The fourth-order valence-electron chi connectivity index (χ4n) is 2.08. The topological polar surface area (TPSA) is 67.2 Å². The Morgan fingerprint density at radius 3 is 2.75 bits per heavy atom. The van der Waals surface area contributed by atoms with E-state index in [9.17, 15) is 4.79 Å². The van der Waals surface area contributed by atoms with Crippen molar-refractivity contribution in [2.24, 2.45) is 0 Å². The molecule has 0 saturated heterocycles. The van der Waals surface area contributed by atoms with Gasteiger partial charge in [-0.2, -0.15) is 5.10 Å². The van der Waals surface area contributed by atoms with Crippen LogP contribution in [0.1, 0.15) is 42.5 Å². The molecule has 0 radical (unpaired) electrons. The molecule has 0 aliphatic carbocycles. The molecular formula is C11H17N3O2. The highest BCUT2D eigenvalue weighted by atomic mass is 16.4. The summed E-state index contributed by atoms with van der Waals surface area (Å²) in [6.45, 7) is 7.61. The van der Waals surface area contributed by atoms with Crippen molar-refractivity contribution in [2.45, 2.75) is 39.3 Å². The van der Waals surface area contributed by atoms with Gasteiger partial charge in [0.05, 0.1) is 11.2 Å². The largest absolute Gasteiger partial charge is 0.476 e. The van der Waals surface area contributed by atoms with Gasteiger partial charge in [-0.1, -0.05) is 0 Å². The first-order chi connectivity index (χ1) is 7.41. The van der Waals surface area contributed by atoms with Gasteiger partial charge in [0.1, 0.15) is 0 Å². The fourth-order valence-corrected chi connectivity index (χ4v) is 2.08. The number of carboxylic acids is 1. The lowest BCUT2D eigenvalue weighted by Crippen LogP contribution is -2.31. The number of hydrogen-bond donors (Lipinski definition) is 2. The molecule has 1 aliphatic rings. The summed E-state index contributed by atoms with van der Waals surface area (Å²) < 4.78 is 1.83. The molecule has 2 heterocycles. The van der Waals surface area contributed by atoms with E-state index in [0.717, 1.165) is 24.2 Å². The molecule has 2 rings (SSSR count). The van der Waals surface area contributed by atoms with Crippen LogP contribution in [0.3, 0.4) is 0 Å². The van der Waals surface area contributed by atoms with Gasteiger partial charge in [0.15, 0.2) is 5.69 Å². The minimum atomic E-state index is -0.929. The Morgan fingerprint density at radius 1 is 1.50 bits per heavy atom. The molecule has 0 amide bonds. The number of carboxylic acid groups (broad SMARTS) is 1. The second-order valence-electron chi connectivity index (χ2n) is 5.09. The van der Waals surface area contributed by atoms with Crippen LogP contribution in [0.15, 0.2) is 0 Å². The van der Waals surface area contributed by atoms with Crippen molar-refractivity contribution < 1.29 is 9.90 Å². The maximum Gasteiger partial charge on any atom is 0.356 e. The number of nitrogens with zero attached hydrogens (tertiary/aromatic N) is 2. The average Bonchev–Trinajstić information content (AvgIpc) is 2.56. The number of carbonyl (C=O) groups is 1. The zero-order valence-electron chi connectivity index (χ0n) is 9.87. The number of hydrogen-bond acceptors (Lipinski definition) is 3. The monoisotopic (exact) mass is 223 g/mol. The highest BCUT2D eigenvalue weighted by Gasteiger charge is 2.28. The van der Waals surface area contributed by atoms with Gasteiger partial charge in [-0.15, -0.1) is 0 Å². The van der Waals surface area contributed by atoms with Crippen molar-refractivity contribution in [3.63, 3.8) is 0 Å². The first-order valence-electron chi connectivity index (χ1n) is 5.46. The molecule has 0 spiro atoms. The third-order valence-electron chi connectivity index (χ3n) is 2.77. The van der Waals surface area contributed by atoms with Crippen LogP contribution in [-0.4, -0.2) is 27.4 Å². The molecule has 0 bridgehead atoms. The van der Waals surface area contributed by atoms with Gasteiger partial charge in [-0.05, 0) is 33.7 Å². The third kappa shape index (κ3) is 1.71. The van der Waals surface area contributed by atoms with E-state index in [1.54, 1.807) is 0 Å². The van der Waals surface area contributed by atoms with Crippen LogP contribution in [0, 0.1) is 0 Å². The normalized spacial score (nSPS) is 15.9. The minimum absolute atomic E-state index is 0.184. The highest BCUT2D eigenvalue weighted by Crippen LogP contribution is 2.24. The Bertz CT molecular complexity index is 429. The Kier molecular flexibility index (Phi) is 2.50. The van der Waals surface area contributed by atoms with Gasteiger partial charge in [-0.3, -0.25) is 4.68 Å². The quantitative estimate of drug-likeness (QED) is 0.744. The van der Waals surface area contributed by atoms with Crippen molar-refractivity contribution in [2.75, 3.05) is 6.54 Å². The van der Waals surface area contributed by atoms with Gasteiger partial charge in [-0.25, -0.2) is 4.79 Å². The van der Waals surface area contributed by atoms with Crippen molar-refractivity contribution in [1.29, 1.82) is 0 Å². The Balaban J connectivity index is 2.59. The number of fused-ring (bicyclic) bond motifs is 1. The zero-order valence-corrected chi connectivity index (χ0v) is 9.87. The van der Waals surface area contributed by atoms with Crippen LogP contribution >= 0.6 is 0 Å². The van der Waals surface area contributed by atoms with E-state index in [1.807, 2.05) is 25.5 Å². The van der Waals surface area contributed by atoms with Crippen molar-refractivity contribution in [3.05, 3.63) is 17.0 Å². The number of rotatable bonds is 1. The third-order valence-corrected chi connectivity index (χ3v) is 2.77. The lowest BCUT2D eigenvalue weighted by Gasteiger charge is -2.24. The molecule has 5 nitrogen and oxygen atoms in total. The van der Waals surface area contributed by atoms with Crippen LogP contribution in [0.5, 0.6) is 0 Å². The summed E-state index contributed by atoms with van der Waals surface area (Å²) in [5.74, 6) is -0.929. The van der Waals surface area contributed by atoms with Crippen LogP contribution < -0.4 is 5.32 Å². The second kappa shape index (κ2) is 3.59. The van der Waals surface area contributed by atoms with Gasteiger partial charge in [0.25, 0.3) is 0 Å². The summed E-state index contributed by atoms with van der Waals surface area (Å²) >= 11 is 0. The lowest BCUT2D eigenvalue weighted by molar-refractivity contribution is 0.0687.